The van der Waals surface area contributed by atoms with Gasteiger partial charge in [-0.3, -0.25) is 4.98 Å². The molecule has 1 aromatic rings. The van der Waals surface area contributed by atoms with Crippen LogP contribution in [-0.4, -0.2) is 22.1 Å². The zero-order valence-corrected chi connectivity index (χ0v) is 8.24. The molecule has 1 N–H and O–H groups in total. The van der Waals surface area contributed by atoms with Crippen LogP contribution in [0.4, 0.5) is 0 Å². The van der Waals surface area contributed by atoms with E-state index in [1.165, 1.54) is 0 Å². The van der Waals surface area contributed by atoms with E-state index in [0.717, 1.165) is 18.4 Å². The van der Waals surface area contributed by atoms with Gasteiger partial charge in [0.05, 0.1) is 6.10 Å². The third-order valence-electron chi connectivity index (χ3n) is 1.89. The highest BCUT2D eigenvalue weighted by atomic mass is 35.5. The quantitative estimate of drug-likeness (QED) is 0.736. The average Bonchev–Trinajstić information content (AvgIpc) is 2.16. The number of halogens is 1. The summed E-state index contributed by atoms with van der Waals surface area (Å²) in [4.78, 5) is 3.91. The van der Waals surface area contributed by atoms with Crippen LogP contribution in [0.2, 0.25) is 0 Å². The van der Waals surface area contributed by atoms with Crippen molar-refractivity contribution in [3.05, 3.63) is 30.1 Å². The molecule has 3 heteroatoms. The molecule has 0 fully saturated rings. The molecule has 0 saturated heterocycles. The van der Waals surface area contributed by atoms with E-state index in [1.807, 2.05) is 12.1 Å². The van der Waals surface area contributed by atoms with Gasteiger partial charge in [-0.05, 0) is 37.0 Å². The van der Waals surface area contributed by atoms with Crippen molar-refractivity contribution >= 4 is 11.6 Å². The van der Waals surface area contributed by atoms with Crippen molar-refractivity contribution in [3.63, 3.8) is 0 Å². The highest BCUT2D eigenvalue weighted by molar-refractivity contribution is 6.17. The minimum absolute atomic E-state index is 0.277. The Bertz CT molecular complexity index is 228. The van der Waals surface area contributed by atoms with Crippen LogP contribution in [-0.2, 0) is 6.42 Å². The third kappa shape index (κ3) is 4.25. The summed E-state index contributed by atoms with van der Waals surface area (Å²) in [5.74, 6) is 0.618. The van der Waals surface area contributed by atoms with Crippen LogP contribution in [0.1, 0.15) is 18.4 Å². The first-order chi connectivity index (χ1) is 6.33. The maximum Gasteiger partial charge on any atom is 0.0581 e. The smallest absolute Gasteiger partial charge is 0.0581 e. The largest absolute Gasteiger partial charge is 0.393 e. The minimum atomic E-state index is -0.277. The predicted octanol–water partition coefficient (Wildman–Crippen LogP) is 2.00. The maximum atomic E-state index is 9.55. The lowest BCUT2D eigenvalue weighted by Crippen LogP contribution is -2.10. The molecule has 1 atom stereocenters. The first-order valence-corrected chi connectivity index (χ1v) is 4.99. The Morgan fingerprint density at radius 2 is 2.08 bits per heavy atom. The Balaban J connectivity index is 2.32. The molecule has 0 spiro atoms. The van der Waals surface area contributed by atoms with E-state index in [1.54, 1.807) is 12.4 Å². The summed E-state index contributed by atoms with van der Waals surface area (Å²) in [6.45, 7) is 0. The summed E-state index contributed by atoms with van der Waals surface area (Å²) in [6.07, 6.45) is 5.54. The molecule has 1 heterocycles. The molecule has 1 unspecified atom stereocenters. The van der Waals surface area contributed by atoms with E-state index in [4.69, 9.17) is 11.6 Å². The molecule has 0 bridgehead atoms. The molecule has 1 aromatic heterocycles. The molecule has 0 aliphatic carbocycles. The fourth-order valence-electron chi connectivity index (χ4n) is 1.21. The number of alkyl halides is 1. The monoisotopic (exact) mass is 199 g/mol. The molecule has 0 radical (unpaired) electrons. The van der Waals surface area contributed by atoms with Gasteiger partial charge in [0.15, 0.2) is 0 Å². The van der Waals surface area contributed by atoms with E-state index in [9.17, 15) is 5.11 Å². The molecular weight excluding hydrogens is 186 g/mol. The van der Waals surface area contributed by atoms with E-state index < -0.39 is 0 Å². The topological polar surface area (TPSA) is 33.1 Å². The van der Waals surface area contributed by atoms with Crippen molar-refractivity contribution < 1.29 is 5.11 Å². The number of aliphatic hydroxyl groups excluding tert-OH is 1. The summed E-state index contributed by atoms with van der Waals surface area (Å²) >= 11 is 5.53. The van der Waals surface area contributed by atoms with Crippen molar-refractivity contribution in [1.29, 1.82) is 0 Å². The summed E-state index contributed by atoms with van der Waals surface area (Å²) in [6, 6.07) is 3.84. The SMILES string of the molecule is OC(CCCCl)Cc1ccncc1. The van der Waals surface area contributed by atoms with Crippen LogP contribution in [0.5, 0.6) is 0 Å². The van der Waals surface area contributed by atoms with Crippen molar-refractivity contribution in [2.75, 3.05) is 5.88 Å². The van der Waals surface area contributed by atoms with Gasteiger partial charge in [0, 0.05) is 18.3 Å². The fourth-order valence-corrected chi connectivity index (χ4v) is 1.36. The minimum Gasteiger partial charge on any atom is -0.393 e. The van der Waals surface area contributed by atoms with Gasteiger partial charge in [-0.1, -0.05) is 0 Å². The second kappa shape index (κ2) is 5.95. The molecule has 0 aliphatic heterocycles. The van der Waals surface area contributed by atoms with Crippen LogP contribution in [0.25, 0.3) is 0 Å². The molecule has 72 valence electrons. The normalized spacial score (nSPS) is 12.8. The van der Waals surface area contributed by atoms with Gasteiger partial charge in [0.2, 0.25) is 0 Å². The molecule has 2 nitrogen and oxygen atoms in total. The Labute approximate surface area is 83.6 Å². The first kappa shape index (κ1) is 10.5. The maximum absolute atomic E-state index is 9.55. The third-order valence-corrected chi connectivity index (χ3v) is 2.16. The number of hydrogen-bond donors (Lipinski definition) is 1. The first-order valence-electron chi connectivity index (χ1n) is 4.46. The van der Waals surface area contributed by atoms with Gasteiger partial charge in [-0.2, -0.15) is 0 Å². The number of nitrogens with zero attached hydrogens (tertiary/aromatic N) is 1. The number of aliphatic hydroxyl groups is 1. The Kier molecular flexibility index (Phi) is 4.79. The number of rotatable bonds is 5. The van der Waals surface area contributed by atoms with E-state index in [-0.39, 0.29) is 6.10 Å². The van der Waals surface area contributed by atoms with E-state index >= 15 is 0 Å². The molecule has 0 aliphatic rings. The Morgan fingerprint density at radius 1 is 1.38 bits per heavy atom. The lowest BCUT2D eigenvalue weighted by Gasteiger charge is -2.08. The van der Waals surface area contributed by atoms with Crippen LogP contribution >= 0.6 is 11.6 Å². The summed E-state index contributed by atoms with van der Waals surface area (Å²) in [7, 11) is 0. The van der Waals surface area contributed by atoms with Crippen LogP contribution < -0.4 is 0 Å². The van der Waals surface area contributed by atoms with Gasteiger partial charge in [0.25, 0.3) is 0 Å². The van der Waals surface area contributed by atoms with Crippen molar-refractivity contribution in [2.45, 2.75) is 25.4 Å². The number of pyridine rings is 1. The summed E-state index contributed by atoms with van der Waals surface area (Å²) < 4.78 is 0. The predicted molar refractivity (Wildman–Crippen MR) is 53.9 cm³/mol. The Morgan fingerprint density at radius 3 is 2.69 bits per heavy atom. The molecule has 0 saturated carbocycles. The number of hydrogen-bond acceptors (Lipinski definition) is 2. The van der Waals surface area contributed by atoms with Crippen LogP contribution in [0.3, 0.4) is 0 Å². The highest BCUT2D eigenvalue weighted by Crippen LogP contribution is 2.06. The van der Waals surface area contributed by atoms with Crippen LogP contribution in [0.15, 0.2) is 24.5 Å². The summed E-state index contributed by atoms with van der Waals surface area (Å²) in [5, 5.41) is 9.55. The van der Waals surface area contributed by atoms with Gasteiger partial charge >= 0.3 is 0 Å². The van der Waals surface area contributed by atoms with E-state index in [2.05, 4.69) is 4.98 Å². The lowest BCUT2D eigenvalue weighted by molar-refractivity contribution is 0.164. The Hall–Kier alpha value is -0.600. The molecular formula is C10H14ClNO. The van der Waals surface area contributed by atoms with Gasteiger partial charge < -0.3 is 5.11 Å². The van der Waals surface area contributed by atoms with Crippen molar-refractivity contribution in [2.24, 2.45) is 0 Å². The summed E-state index contributed by atoms with van der Waals surface area (Å²) in [5.41, 5.74) is 1.12. The van der Waals surface area contributed by atoms with Gasteiger partial charge in [-0.15, -0.1) is 11.6 Å². The van der Waals surface area contributed by atoms with Gasteiger partial charge in [0.1, 0.15) is 0 Å². The molecule has 1 rings (SSSR count). The van der Waals surface area contributed by atoms with Crippen molar-refractivity contribution in [1.82, 2.24) is 4.98 Å². The molecule has 13 heavy (non-hydrogen) atoms. The number of aromatic nitrogens is 1. The second-order valence-corrected chi connectivity index (χ2v) is 3.42. The molecule has 0 aromatic carbocycles. The zero-order valence-electron chi connectivity index (χ0n) is 7.49. The standard InChI is InChI=1S/C10H14ClNO/c11-5-1-2-10(13)8-9-3-6-12-7-4-9/h3-4,6-7,10,13H,1-2,5,8H2. The lowest BCUT2D eigenvalue weighted by atomic mass is 10.1. The van der Waals surface area contributed by atoms with Crippen molar-refractivity contribution in [3.8, 4) is 0 Å². The van der Waals surface area contributed by atoms with Gasteiger partial charge in [-0.25, -0.2) is 0 Å². The van der Waals surface area contributed by atoms with E-state index in [0.29, 0.717) is 12.3 Å². The fraction of sp³-hybridized carbons (Fsp3) is 0.500. The van der Waals surface area contributed by atoms with Crippen LogP contribution in [0, 0.1) is 0 Å². The molecule has 0 amide bonds. The highest BCUT2D eigenvalue weighted by Gasteiger charge is 2.04. The second-order valence-electron chi connectivity index (χ2n) is 3.04. The average molecular weight is 200 g/mol. The zero-order chi connectivity index (χ0) is 9.52.